The molecule has 2 aliphatic rings. The standard InChI is InChI=1S/C18H29BrN4OS/c1-2-20-18(21-12-14-4-3-5-16(14)24)23-10-8-22(9-11-23)13-15-6-7-17(19)25-15/h6-7,14,16,24H,2-5,8-13H2,1H3,(H,20,21). The second-order valence-electron chi connectivity index (χ2n) is 6.92. The number of aliphatic hydroxyl groups is 1. The topological polar surface area (TPSA) is 51.1 Å². The highest BCUT2D eigenvalue weighted by molar-refractivity contribution is 9.11. The Labute approximate surface area is 163 Å². The van der Waals surface area contributed by atoms with E-state index in [-0.39, 0.29) is 6.10 Å². The largest absolute Gasteiger partial charge is 0.393 e. The number of piperazine rings is 1. The summed E-state index contributed by atoms with van der Waals surface area (Å²) in [5.74, 6) is 1.35. The van der Waals surface area contributed by atoms with Crippen molar-refractivity contribution in [3.63, 3.8) is 0 Å². The van der Waals surface area contributed by atoms with Crippen molar-refractivity contribution in [2.75, 3.05) is 39.3 Å². The Balaban J connectivity index is 1.51. The molecule has 0 bridgehead atoms. The molecular weight excluding hydrogens is 400 g/mol. The van der Waals surface area contributed by atoms with Crippen LogP contribution in [-0.4, -0.2) is 66.2 Å². The number of rotatable bonds is 5. The van der Waals surface area contributed by atoms with E-state index in [0.29, 0.717) is 5.92 Å². The summed E-state index contributed by atoms with van der Waals surface area (Å²) >= 11 is 5.36. The average Bonchev–Trinajstić information content (AvgIpc) is 3.20. The van der Waals surface area contributed by atoms with Crippen LogP contribution >= 0.6 is 27.3 Å². The van der Waals surface area contributed by atoms with Crippen LogP contribution in [0.15, 0.2) is 20.9 Å². The second kappa shape index (κ2) is 9.35. The predicted octanol–water partition coefficient (Wildman–Crippen LogP) is 2.75. The van der Waals surface area contributed by atoms with E-state index in [0.717, 1.165) is 71.0 Å². The molecule has 0 amide bonds. The number of halogens is 1. The zero-order valence-corrected chi connectivity index (χ0v) is 17.4. The number of aliphatic hydroxyl groups excluding tert-OH is 1. The molecule has 0 spiro atoms. The molecule has 140 valence electrons. The number of nitrogens with one attached hydrogen (secondary N) is 1. The molecule has 7 heteroatoms. The van der Waals surface area contributed by atoms with Crippen LogP contribution in [0.3, 0.4) is 0 Å². The number of thiophene rings is 1. The zero-order chi connectivity index (χ0) is 17.6. The molecule has 1 aliphatic heterocycles. The van der Waals surface area contributed by atoms with Crippen LogP contribution in [0, 0.1) is 5.92 Å². The van der Waals surface area contributed by atoms with Crippen LogP contribution in [0.1, 0.15) is 31.1 Å². The summed E-state index contributed by atoms with van der Waals surface area (Å²) in [5, 5.41) is 13.4. The molecule has 2 atom stereocenters. The van der Waals surface area contributed by atoms with Gasteiger partial charge in [-0.3, -0.25) is 9.89 Å². The van der Waals surface area contributed by atoms with E-state index in [2.05, 4.69) is 50.1 Å². The Morgan fingerprint density at radius 2 is 2.12 bits per heavy atom. The molecule has 2 unspecified atom stereocenters. The van der Waals surface area contributed by atoms with Crippen molar-refractivity contribution in [2.45, 2.75) is 38.8 Å². The fourth-order valence-electron chi connectivity index (χ4n) is 3.63. The van der Waals surface area contributed by atoms with Gasteiger partial charge in [-0.1, -0.05) is 6.42 Å². The minimum absolute atomic E-state index is 0.159. The number of guanidine groups is 1. The van der Waals surface area contributed by atoms with Crippen LogP contribution in [0.25, 0.3) is 0 Å². The first-order valence-corrected chi connectivity index (χ1v) is 10.9. The summed E-state index contributed by atoms with van der Waals surface area (Å²) in [4.78, 5) is 11.1. The molecule has 0 radical (unpaired) electrons. The number of nitrogens with zero attached hydrogens (tertiary/aromatic N) is 3. The molecule has 1 aromatic rings. The number of hydrogen-bond donors (Lipinski definition) is 2. The van der Waals surface area contributed by atoms with Crippen LogP contribution in [0.2, 0.25) is 0 Å². The molecule has 2 fully saturated rings. The summed E-state index contributed by atoms with van der Waals surface area (Å²) in [6.07, 6.45) is 3.02. The summed E-state index contributed by atoms with van der Waals surface area (Å²) in [6.45, 7) is 8.91. The van der Waals surface area contributed by atoms with E-state index in [1.807, 2.05) is 11.3 Å². The van der Waals surface area contributed by atoms with Gasteiger partial charge in [0.15, 0.2) is 5.96 Å². The lowest BCUT2D eigenvalue weighted by Gasteiger charge is -2.36. The third-order valence-corrected chi connectivity index (χ3v) is 6.72. The van der Waals surface area contributed by atoms with Gasteiger partial charge in [0.1, 0.15) is 0 Å². The van der Waals surface area contributed by atoms with Crippen molar-refractivity contribution in [3.8, 4) is 0 Å². The third-order valence-electron chi connectivity index (χ3n) is 5.11. The Hall–Kier alpha value is -0.630. The van der Waals surface area contributed by atoms with Gasteiger partial charge in [0.05, 0.1) is 9.89 Å². The van der Waals surface area contributed by atoms with Crippen molar-refractivity contribution in [1.29, 1.82) is 0 Å². The number of aliphatic imine (C=N–C) groups is 1. The van der Waals surface area contributed by atoms with Gasteiger partial charge in [-0.2, -0.15) is 0 Å². The molecule has 1 saturated heterocycles. The first-order chi connectivity index (χ1) is 12.2. The van der Waals surface area contributed by atoms with Crippen LogP contribution < -0.4 is 5.32 Å². The molecule has 25 heavy (non-hydrogen) atoms. The lowest BCUT2D eigenvalue weighted by atomic mass is 10.1. The van der Waals surface area contributed by atoms with Gasteiger partial charge in [-0.25, -0.2) is 0 Å². The quantitative estimate of drug-likeness (QED) is 0.559. The summed E-state index contributed by atoms with van der Waals surface area (Å²) in [6, 6.07) is 4.34. The van der Waals surface area contributed by atoms with Gasteiger partial charge >= 0.3 is 0 Å². The lowest BCUT2D eigenvalue weighted by Crippen LogP contribution is -2.52. The molecule has 1 aromatic heterocycles. The fraction of sp³-hybridized carbons (Fsp3) is 0.722. The first-order valence-electron chi connectivity index (χ1n) is 9.33. The summed E-state index contributed by atoms with van der Waals surface area (Å²) < 4.78 is 1.21. The lowest BCUT2D eigenvalue weighted by molar-refractivity contribution is 0.136. The molecule has 3 rings (SSSR count). The van der Waals surface area contributed by atoms with E-state index in [9.17, 15) is 5.11 Å². The number of hydrogen-bond acceptors (Lipinski definition) is 4. The maximum Gasteiger partial charge on any atom is 0.194 e. The third kappa shape index (κ3) is 5.42. The molecule has 0 aromatic carbocycles. The predicted molar refractivity (Wildman–Crippen MR) is 108 cm³/mol. The van der Waals surface area contributed by atoms with E-state index in [1.165, 1.54) is 8.66 Å². The van der Waals surface area contributed by atoms with E-state index in [4.69, 9.17) is 4.99 Å². The Kier molecular flexibility index (Phi) is 7.16. The highest BCUT2D eigenvalue weighted by Gasteiger charge is 2.26. The van der Waals surface area contributed by atoms with Crippen molar-refractivity contribution in [1.82, 2.24) is 15.1 Å². The van der Waals surface area contributed by atoms with Crippen molar-refractivity contribution in [2.24, 2.45) is 10.9 Å². The SMILES string of the molecule is CCNC(=NCC1CCCC1O)N1CCN(Cc2ccc(Br)s2)CC1. The zero-order valence-electron chi connectivity index (χ0n) is 15.0. The maximum atomic E-state index is 10.0. The molecular formula is C18H29BrN4OS. The van der Waals surface area contributed by atoms with Gasteiger partial charge in [0.2, 0.25) is 0 Å². The maximum absolute atomic E-state index is 10.0. The van der Waals surface area contributed by atoms with Crippen molar-refractivity contribution >= 4 is 33.2 Å². The van der Waals surface area contributed by atoms with Crippen LogP contribution in [0.5, 0.6) is 0 Å². The van der Waals surface area contributed by atoms with Gasteiger partial charge in [-0.05, 0) is 47.8 Å². The van der Waals surface area contributed by atoms with E-state index >= 15 is 0 Å². The van der Waals surface area contributed by atoms with E-state index < -0.39 is 0 Å². The van der Waals surface area contributed by atoms with Crippen LogP contribution in [0.4, 0.5) is 0 Å². The molecule has 1 aliphatic carbocycles. The first kappa shape index (κ1) is 19.1. The highest BCUT2D eigenvalue weighted by atomic mass is 79.9. The van der Waals surface area contributed by atoms with Gasteiger partial charge in [0, 0.05) is 56.6 Å². The smallest absolute Gasteiger partial charge is 0.194 e. The Morgan fingerprint density at radius 3 is 2.72 bits per heavy atom. The minimum Gasteiger partial charge on any atom is -0.393 e. The molecule has 2 N–H and O–H groups in total. The molecule has 1 saturated carbocycles. The summed E-state index contributed by atoms with van der Waals surface area (Å²) in [5.41, 5.74) is 0. The molecule has 5 nitrogen and oxygen atoms in total. The molecule has 2 heterocycles. The highest BCUT2D eigenvalue weighted by Crippen LogP contribution is 2.26. The minimum atomic E-state index is -0.159. The van der Waals surface area contributed by atoms with Gasteiger partial charge in [-0.15, -0.1) is 11.3 Å². The van der Waals surface area contributed by atoms with Gasteiger partial charge < -0.3 is 15.3 Å². The van der Waals surface area contributed by atoms with Crippen molar-refractivity contribution < 1.29 is 5.11 Å². The van der Waals surface area contributed by atoms with E-state index in [1.54, 1.807) is 0 Å². The normalized spacial score (nSPS) is 25.6. The van der Waals surface area contributed by atoms with Crippen molar-refractivity contribution in [3.05, 3.63) is 20.8 Å². The second-order valence-corrected chi connectivity index (χ2v) is 9.47. The average molecular weight is 429 g/mol. The monoisotopic (exact) mass is 428 g/mol. The fourth-order valence-corrected chi connectivity index (χ4v) is 5.16. The van der Waals surface area contributed by atoms with Gasteiger partial charge in [0.25, 0.3) is 0 Å². The summed E-state index contributed by atoms with van der Waals surface area (Å²) in [7, 11) is 0. The Bertz CT molecular complexity index is 571. The Morgan fingerprint density at radius 1 is 1.32 bits per heavy atom. The van der Waals surface area contributed by atoms with Crippen LogP contribution in [-0.2, 0) is 6.54 Å².